The molecule has 2 aromatic carbocycles. The number of hydrogen-bond donors (Lipinski definition) is 1. The standard InChI is InChI=1S/C29H31N5OS/c1-21-5-10-26(16-25(21)17-28-32-27(20-36-28)24-4-3-11-30-18-24)31-29(35)23-8-6-22(7-9-23)19-34-14-12-33(2)13-15-34/h3-11,16,18,20H,12-15,17,19H2,1-2H3,(H,31,35). The SMILES string of the molecule is Cc1ccc(NC(=O)c2ccc(CN3CCN(C)CC3)cc2)cc1Cc1nc(-c2cccnc2)cs1. The maximum Gasteiger partial charge on any atom is 0.255 e. The van der Waals surface area contributed by atoms with Gasteiger partial charge in [-0.15, -0.1) is 11.3 Å². The fourth-order valence-electron chi connectivity index (χ4n) is 4.37. The molecule has 4 aromatic rings. The second kappa shape index (κ2) is 11.1. The van der Waals surface area contributed by atoms with Gasteiger partial charge >= 0.3 is 0 Å². The van der Waals surface area contributed by atoms with Crippen molar-refractivity contribution in [3.8, 4) is 11.3 Å². The number of nitrogens with one attached hydrogen (secondary N) is 1. The zero-order valence-electron chi connectivity index (χ0n) is 20.8. The van der Waals surface area contributed by atoms with Crippen LogP contribution in [0.4, 0.5) is 5.69 Å². The van der Waals surface area contributed by atoms with Crippen LogP contribution in [0.2, 0.25) is 0 Å². The number of amides is 1. The topological polar surface area (TPSA) is 61.4 Å². The van der Waals surface area contributed by atoms with Gasteiger partial charge in [-0.05, 0) is 67.1 Å². The smallest absolute Gasteiger partial charge is 0.255 e. The summed E-state index contributed by atoms with van der Waals surface area (Å²) in [5.74, 6) is -0.0935. The third-order valence-electron chi connectivity index (χ3n) is 6.68. The van der Waals surface area contributed by atoms with Crippen LogP contribution >= 0.6 is 11.3 Å². The van der Waals surface area contributed by atoms with Crippen LogP contribution in [0.1, 0.15) is 32.1 Å². The van der Waals surface area contributed by atoms with Crippen molar-refractivity contribution >= 4 is 22.9 Å². The van der Waals surface area contributed by atoms with Crippen LogP contribution in [0, 0.1) is 6.92 Å². The van der Waals surface area contributed by atoms with Gasteiger partial charge < -0.3 is 10.2 Å². The largest absolute Gasteiger partial charge is 0.322 e. The molecule has 3 heterocycles. The van der Waals surface area contributed by atoms with Crippen LogP contribution < -0.4 is 5.32 Å². The van der Waals surface area contributed by atoms with E-state index in [1.807, 2.05) is 36.5 Å². The summed E-state index contributed by atoms with van der Waals surface area (Å²) in [6, 6.07) is 18.0. The molecular weight excluding hydrogens is 466 g/mol. The molecule has 6 nitrogen and oxygen atoms in total. The van der Waals surface area contributed by atoms with E-state index in [1.165, 1.54) is 11.1 Å². The van der Waals surface area contributed by atoms with Gasteiger partial charge in [-0.3, -0.25) is 14.7 Å². The first kappa shape index (κ1) is 24.3. The van der Waals surface area contributed by atoms with Gasteiger partial charge in [-0.25, -0.2) is 4.98 Å². The second-order valence-corrected chi connectivity index (χ2v) is 10.4. The van der Waals surface area contributed by atoms with E-state index in [1.54, 1.807) is 17.5 Å². The summed E-state index contributed by atoms with van der Waals surface area (Å²) in [6.07, 6.45) is 4.32. The Bertz CT molecular complexity index is 1310. The third kappa shape index (κ3) is 6.05. The van der Waals surface area contributed by atoms with Crippen molar-refractivity contribution in [2.45, 2.75) is 19.9 Å². The van der Waals surface area contributed by atoms with Gasteiger partial charge in [0.05, 0.1) is 10.7 Å². The van der Waals surface area contributed by atoms with Gasteiger partial charge in [0, 0.05) is 73.7 Å². The number of carbonyl (C=O) groups is 1. The van der Waals surface area contributed by atoms with Crippen molar-refractivity contribution < 1.29 is 4.79 Å². The highest BCUT2D eigenvalue weighted by Crippen LogP contribution is 2.25. The Labute approximate surface area is 216 Å². The number of hydrogen-bond acceptors (Lipinski definition) is 6. The Morgan fingerprint density at radius 2 is 1.86 bits per heavy atom. The number of rotatable bonds is 7. The van der Waals surface area contributed by atoms with Crippen molar-refractivity contribution in [1.29, 1.82) is 0 Å². The second-order valence-electron chi connectivity index (χ2n) is 9.42. The van der Waals surface area contributed by atoms with Crippen LogP contribution in [0.5, 0.6) is 0 Å². The monoisotopic (exact) mass is 497 g/mol. The van der Waals surface area contributed by atoms with E-state index >= 15 is 0 Å². The van der Waals surface area contributed by atoms with E-state index in [2.05, 4.69) is 63.7 Å². The van der Waals surface area contributed by atoms with Crippen molar-refractivity contribution in [3.05, 3.63) is 99.6 Å². The Morgan fingerprint density at radius 1 is 1.06 bits per heavy atom. The first-order chi connectivity index (χ1) is 17.5. The number of thiazole rings is 1. The highest BCUT2D eigenvalue weighted by atomic mass is 32.1. The van der Waals surface area contributed by atoms with E-state index in [0.717, 1.165) is 66.7 Å². The zero-order chi connectivity index (χ0) is 24.9. The maximum atomic E-state index is 12.9. The predicted octanol–water partition coefficient (Wildman–Crippen LogP) is 5.10. The molecule has 2 aromatic heterocycles. The van der Waals surface area contributed by atoms with Crippen molar-refractivity contribution in [2.24, 2.45) is 0 Å². The summed E-state index contributed by atoms with van der Waals surface area (Å²) in [6.45, 7) is 7.40. The number of pyridine rings is 1. The predicted molar refractivity (Wildman–Crippen MR) is 146 cm³/mol. The molecule has 184 valence electrons. The molecule has 1 aliphatic heterocycles. The molecule has 1 aliphatic rings. The minimum absolute atomic E-state index is 0.0935. The van der Waals surface area contributed by atoms with Crippen molar-refractivity contribution in [2.75, 3.05) is 38.5 Å². The lowest BCUT2D eigenvalue weighted by molar-refractivity contribution is 0.102. The number of benzene rings is 2. The molecule has 1 saturated heterocycles. The molecule has 0 bridgehead atoms. The molecule has 0 saturated carbocycles. The molecule has 0 spiro atoms. The van der Waals surface area contributed by atoms with Crippen LogP contribution in [0.3, 0.4) is 0 Å². The highest BCUT2D eigenvalue weighted by molar-refractivity contribution is 7.10. The first-order valence-electron chi connectivity index (χ1n) is 12.3. The van der Waals surface area contributed by atoms with Crippen LogP contribution in [0.15, 0.2) is 72.4 Å². The number of likely N-dealkylation sites (N-methyl/N-ethyl adjacent to an activating group) is 1. The van der Waals surface area contributed by atoms with Crippen LogP contribution in [0.25, 0.3) is 11.3 Å². The molecule has 1 N–H and O–H groups in total. The molecular formula is C29H31N5OS. The molecule has 0 atom stereocenters. The number of carbonyl (C=O) groups excluding carboxylic acids is 1. The first-order valence-corrected chi connectivity index (χ1v) is 13.2. The summed E-state index contributed by atoms with van der Waals surface area (Å²) in [5, 5.41) is 6.18. The van der Waals surface area contributed by atoms with E-state index in [-0.39, 0.29) is 5.91 Å². The zero-order valence-corrected chi connectivity index (χ0v) is 21.6. The van der Waals surface area contributed by atoms with Crippen molar-refractivity contribution in [1.82, 2.24) is 19.8 Å². The fraction of sp³-hybridized carbons (Fsp3) is 0.276. The molecule has 0 radical (unpaired) electrons. The summed E-state index contributed by atoms with van der Waals surface area (Å²) >= 11 is 1.65. The molecule has 5 rings (SSSR count). The van der Waals surface area contributed by atoms with E-state index in [4.69, 9.17) is 4.98 Å². The number of aromatic nitrogens is 2. The van der Waals surface area contributed by atoms with E-state index in [9.17, 15) is 4.79 Å². The highest BCUT2D eigenvalue weighted by Gasteiger charge is 2.15. The lowest BCUT2D eigenvalue weighted by Crippen LogP contribution is -2.43. The lowest BCUT2D eigenvalue weighted by atomic mass is 10.0. The Hall–Kier alpha value is -3.39. The van der Waals surface area contributed by atoms with Crippen LogP contribution in [-0.4, -0.2) is 58.9 Å². The Balaban J connectivity index is 1.22. The molecule has 1 amide bonds. The van der Waals surface area contributed by atoms with Crippen LogP contribution in [-0.2, 0) is 13.0 Å². The van der Waals surface area contributed by atoms with Gasteiger partial charge in [0.15, 0.2) is 0 Å². The number of anilines is 1. The summed E-state index contributed by atoms with van der Waals surface area (Å²) in [4.78, 5) is 26.7. The molecule has 36 heavy (non-hydrogen) atoms. The third-order valence-corrected chi connectivity index (χ3v) is 7.52. The summed E-state index contributed by atoms with van der Waals surface area (Å²) in [7, 11) is 2.17. The molecule has 7 heteroatoms. The van der Waals surface area contributed by atoms with Gasteiger partial charge in [-0.1, -0.05) is 18.2 Å². The molecule has 1 fully saturated rings. The maximum absolute atomic E-state index is 12.9. The molecule has 0 aliphatic carbocycles. The fourth-order valence-corrected chi connectivity index (χ4v) is 5.20. The summed E-state index contributed by atoms with van der Waals surface area (Å²) in [5.41, 5.74) is 7.00. The van der Waals surface area contributed by atoms with E-state index < -0.39 is 0 Å². The van der Waals surface area contributed by atoms with E-state index in [0.29, 0.717) is 5.56 Å². The Kier molecular flexibility index (Phi) is 7.51. The lowest BCUT2D eigenvalue weighted by Gasteiger charge is -2.32. The summed E-state index contributed by atoms with van der Waals surface area (Å²) < 4.78 is 0. The Morgan fingerprint density at radius 3 is 2.61 bits per heavy atom. The minimum atomic E-state index is -0.0935. The number of piperazine rings is 1. The average molecular weight is 498 g/mol. The van der Waals surface area contributed by atoms with Crippen molar-refractivity contribution in [3.63, 3.8) is 0 Å². The minimum Gasteiger partial charge on any atom is -0.322 e. The number of nitrogens with zero attached hydrogens (tertiary/aromatic N) is 4. The number of aryl methyl sites for hydroxylation is 1. The van der Waals surface area contributed by atoms with Gasteiger partial charge in [0.1, 0.15) is 0 Å². The quantitative estimate of drug-likeness (QED) is 0.385. The van der Waals surface area contributed by atoms with Gasteiger partial charge in [0.25, 0.3) is 5.91 Å². The van der Waals surface area contributed by atoms with Gasteiger partial charge in [-0.2, -0.15) is 0 Å². The normalized spacial score (nSPS) is 14.6. The average Bonchev–Trinajstić information content (AvgIpc) is 3.37. The molecule has 0 unspecified atom stereocenters. The van der Waals surface area contributed by atoms with Gasteiger partial charge in [0.2, 0.25) is 0 Å².